The molecule has 0 amide bonds. The summed E-state index contributed by atoms with van der Waals surface area (Å²) in [7, 11) is -2.61. The molecule has 0 saturated carbocycles. The minimum Gasteiger partial charge on any atom is -0.481 e. The van der Waals surface area contributed by atoms with Crippen molar-refractivity contribution in [3.63, 3.8) is 0 Å². The van der Waals surface area contributed by atoms with Crippen LogP contribution in [0.3, 0.4) is 0 Å². The number of hydrogen-bond donors (Lipinski definition) is 5. The molecule has 23 nitrogen and oxygen atoms in total. The number of unbranched alkanes of at least 4 members (excludes halogenated alkanes) is 28. The van der Waals surface area contributed by atoms with Gasteiger partial charge in [-0.05, 0) is 91.4 Å². The van der Waals surface area contributed by atoms with E-state index in [9.17, 15) is 48.6 Å². The van der Waals surface area contributed by atoms with Crippen LogP contribution in [0.5, 0.6) is 0 Å². The predicted octanol–water partition coefficient (Wildman–Crippen LogP) is 21.6. The molecule has 0 aromatic heterocycles. The highest BCUT2D eigenvalue weighted by atomic mass is 31.2. The van der Waals surface area contributed by atoms with E-state index >= 15 is 0 Å². The van der Waals surface area contributed by atoms with Gasteiger partial charge in [-0.15, -0.1) is 0 Å². The van der Waals surface area contributed by atoms with Crippen molar-refractivity contribution < 1.29 is 101 Å². The van der Waals surface area contributed by atoms with Gasteiger partial charge in [-0.1, -0.05) is 314 Å². The molecule has 3 atom stereocenters. The number of rotatable bonds is 75. The number of carbonyl (C=O) groups is 6. The number of esters is 5. The molecule has 0 aromatic rings. The third-order valence-electron chi connectivity index (χ3n) is 19.1. The number of aliphatic carboxylic acids is 1. The molecular weight excluding hydrogens is 1430 g/mol. The van der Waals surface area contributed by atoms with Crippen molar-refractivity contribution in [2.24, 2.45) is 23.7 Å². The summed E-state index contributed by atoms with van der Waals surface area (Å²) in [5.74, 6) is -2.85. The van der Waals surface area contributed by atoms with E-state index in [0.717, 1.165) is 154 Å². The maximum Gasteiger partial charge on any atom is 0.570 e. The monoisotopic (exact) mass is 1600 g/mol. The van der Waals surface area contributed by atoms with E-state index in [1.54, 1.807) is 0 Å². The zero-order chi connectivity index (χ0) is 82.2. The average molecular weight is 1610 g/mol. The molecule has 0 fully saturated rings. The number of likely N-dealkylation sites (N-methyl/N-ethyl adjacent to an activating group) is 2. The minimum absolute atomic E-state index is 0.102. The van der Waals surface area contributed by atoms with Crippen molar-refractivity contribution in [1.29, 1.82) is 0 Å². The van der Waals surface area contributed by atoms with Crippen molar-refractivity contribution in [3.8, 4) is 0 Å². The lowest BCUT2D eigenvalue weighted by molar-refractivity contribution is -0.276. The molecule has 0 aromatic carbocycles. The summed E-state index contributed by atoms with van der Waals surface area (Å²) in [6, 6.07) is 0. The first kappa shape index (κ1) is 113. The van der Waals surface area contributed by atoms with Gasteiger partial charge in [0.15, 0.2) is 6.10 Å². The number of carboxylic acid groups (broad SMARTS) is 1. The third kappa shape index (κ3) is 79.0. The molecule has 3 unspecified atom stereocenters. The number of carboxylic acids is 1. The first-order valence-electron chi connectivity index (χ1n) is 43.8. The lowest BCUT2D eigenvalue weighted by atomic mass is 9.97. The summed E-state index contributed by atoms with van der Waals surface area (Å²) in [4.78, 5) is 115. The number of ether oxygens (including phenoxy) is 4. The Morgan fingerprint density at radius 3 is 1.02 bits per heavy atom. The van der Waals surface area contributed by atoms with Crippen LogP contribution in [0.15, 0.2) is 0 Å². The lowest BCUT2D eigenvalue weighted by Gasteiger charge is -2.21. The Bertz CT molecular complexity index is 1970. The maximum atomic E-state index is 12.8. The highest BCUT2D eigenvalue weighted by Gasteiger charge is 2.40. The molecule has 0 aliphatic carbocycles. The van der Waals surface area contributed by atoms with Gasteiger partial charge in [-0.25, -0.2) is 9.78 Å². The van der Waals surface area contributed by atoms with Crippen molar-refractivity contribution in [1.82, 2.24) is 9.80 Å². The summed E-state index contributed by atoms with van der Waals surface area (Å²) >= 11 is 0. The van der Waals surface area contributed by atoms with Gasteiger partial charge in [0.1, 0.15) is 39.1 Å². The Kier molecular flexibility index (Phi) is 87.7. The maximum absolute atomic E-state index is 12.8. The van der Waals surface area contributed by atoms with E-state index < -0.39 is 34.9 Å². The van der Waals surface area contributed by atoms with Crippen LogP contribution in [0.2, 0.25) is 0 Å². The number of aliphatic hydroxyl groups excluding tert-OH is 1. The van der Waals surface area contributed by atoms with Gasteiger partial charge < -0.3 is 43.9 Å². The molecule has 0 heterocycles. The van der Waals surface area contributed by atoms with Gasteiger partial charge >= 0.3 is 52.6 Å². The Hall–Kier alpha value is -2.60. The molecule has 0 aliphatic rings. The van der Waals surface area contributed by atoms with Crippen molar-refractivity contribution in [2.75, 3.05) is 79.9 Å². The van der Waals surface area contributed by atoms with Gasteiger partial charge in [-0.2, -0.15) is 28.2 Å². The van der Waals surface area contributed by atoms with Crippen LogP contribution < -0.4 is 0 Å². The highest BCUT2D eigenvalue weighted by molar-refractivity contribution is 7.54. The first-order chi connectivity index (χ1) is 52.5. The zero-order valence-corrected chi connectivity index (χ0v) is 73.8. The second-order valence-electron chi connectivity index (χ2n) is 29.6. The van der Waals surface area contributed by atoms with Gasteiger partial charge in [0.25, 0.3) is 0 Å². The summed E-state index contributed by atoms with van der Waals surface area (Å²) < 4.78 is 40.7. The first-order valence-corrected chi connectivity index (χ1v) is 46.4. The van der Waals surface area contributed by atoms with E-state index in [-0.39, 0.29) is 93.2 Å². The Labute approximate surface area is 667 Å². The van der Waals surface area contributed by atoms with E-state index in [1.165, 1.54) is 154 Å². The molecule has 0 aliphatic heterocycles. The van der Waals surface area contributed by atoms with Crippen LogP contribution in [0.4, 0.5) is 0 Å². The largest absolute Gasteiger partial charge is 0.570 e. The number of aliphatic hydroxyl groups is 1. The van der Waals surface area contributed by atoms with Crippen molar-refractivity contribution >= 4 is 52.6 Å². The Morgan fingerprint density at radius 1 is 0.367 bits per heavy atom. The summed E-state index contributed by atoms with van der Waals surface area (Å²) in [6.45, 7) is 27.0. The molecular formula is C84H169N2O21P2+. The molecule has 0 rings (SSSR count). The second-order valence-corrected chi connectivity index (χ2v) is 31.8. The summed E-state index contributed by atoms with van der Waals surface area (Å²) in [5, 5.41) is 18.5. The molecule has 25 heteroatoms. The van der Waals surface area contributed by atoms with E-state index in [2.05, 4.69) is 41.5 Å². The fraction of sp³-hybridized carbons (Fsp3) is 0.929. The number of carbonyl (C=O) groups excluding carboxylic acids is 5. The number of hydrogen-bond acceptors (Lipinski definition) is 22. The smallest absolute Gasteiger partial charge is 0.481 e. The van der Waals surface area contributed by atoms with Crippen LogP contribution in [0, 0.1) is 23.7 Å². The Balaban J connectivity index is -0.000000755. The third-order valence-corrected chi connectivity index (χ3v) is 20.5. The normalized spacial score (nSPS) is 12.4. The van der Waals surface area contributed by atoms with Crippen LogP contribution in [0.25, 0.3) is 0 Å². The van der Waals surface area contributed by atoms with Crippen LogP contribution in [0.1, 0.15) is 391 Å². The fourth-order valence-electron chi connectivity index (χ4n) is 12.1. The SMILES string of the molecule is CCCC(CCC)C(=O)O.CCCC(CCC)C(=O)OC(=O)C(CCC)CCC.CCCCCCCCCCCCCCCCCC(=O)OCC(COOP(O)OOCCN(C)CC)OC(=O)C(CCC)CCC.CCCCCCCCCCCCCCCCCC(=O)OCC(O)CO[P+](O)(O)OCCN(C)CC. The molecule has 109 heavy (non-hydrogen) atoms. The molecule has 650 valence electrons. The zero-order valence-electron chi connectivity index (χ0n) is 72.0. The molecule has 0 radical (unpaired) electrons. The van der Waals surface area contributed by atoms with Crippen LogP contribution >= 0.6 is 16.8 Å². The Morgan fingerprint density at radius 2 is 0.679 bits per heavy atom. The van der Waals surface area contributed by atoms with Gasteiger partial charge in [0.05, 0.1) is 30.3 Å². The molecule has 0 saturated heterocycles. The molecule has 0 spiro atoms. The lowest BCUT2D eigenvalue weighted by Crippen LogP contribution is -2.32. The van der Waals surface area contributed by atoms with E-state index in [1.807, 2.05) is 65.4 Å². The van der Waals surface area contributed by atoms with Gasteiger partial charge in [0, 0.05) is 25.9 Å². The standard InChI is InChI=1S/C34H68NO9P.C26H55NO7P.C16H30O3.C8H16O2/c1-6-10-11-12-13-14-15-16-17-18-19-20-21-22-23-26-33(36)39-29-32(42-34(37)31(24-7-2)25-8-3)30-41-44-45(38)43-40-28-27-35(5)9-4;1-4-6-7-8-9-10-11-12-13-14-15-16-17-18-19-20-26(29)32-23-25(28)24-34-35(30,31)33-22-21-27(3)5-2;1-5-9-13(10-6-2)15(17)19-16(18)14(11-7-3)12-8-4;1-3-5-7(6-4-2)8(9)10/h31-32,38H,6-30H2,1-5H3;25,28,30-31H,4-24H2,1-3H3;13-14H,5-12H2,1-4H3;7H,3-6H2,1-2H3,(H,9,10)/q;+1;;. The van der Waals surface area contributed by atoms with Crippen LogP contribution in [-0.2, 0) is 75.9 Å². The highest BCUT2D eigenvalue weighted by Crippen LogP contribution is 2.52. The quantitative estimate of drug-likeness (QED) is 0.00719. The average Bonchev–Trinajstić information content (AvgIpc) is 0.917. The van der Waals surface area contributed by atoms with Crippen molar-refractivity contribution in [2.45, 2.75) is 403 Å². The summed E-state index contributed by atoms with van der Waals surface area (Å²) in [6.07, 6.45) is 50.5. The van der Waals surface area contributed by atoms with Crippen molar-refractivity contribution in [3.05, 3.63) is 0 Å². The second kappa shape index (κ2) is 84.8. The van der Waals surface area contributed by atoms with Gasteiger partial charge in [-0.3, -0.25) is 28.8 Å². The van der Waals surface area contributed by atoms with E-state index in [4.69, 9.17) is 52.2 Å². The predicted molar refractivity (Wildman–Crippen MR) is 442 cm³/mol. The number of nitrogens with zero attached hydrogens (tertiary/aromatic N) is 2. The van der Waals surface area contributed by atoms with Gasteiger partial charge in [0.2, 0.25) is 0 Å². The topological polar surface area (TPSA) is 302 Å². The summed E-state index contributed by atoms with van der Waals surface area (Å²) in [5.41, 5.74) is 0. The van der Waals surface area contributed by atoms with Crippen LogP contribution in [-0.4, -0.2) is 163 Å². The van der Waals surface area contributed by atoms with E-state index in [0.29, 0.717) is 25.9 Å². The fourth-order valence-corrected chi connectivity index (χ4v) is 13.2. The molecule has 0 bridgehead atoms. The molecule has 5 N–H and O–H groups in total. The minimum atomic E-state index is -3.98.